The molecule has 0 aliphatic carbocycles. The van der Waals surface area contributed by atoms with Gasteiger partial charge in [0.15, 0.2) is 0 Å². The summed E-state index contributed by atoms with van der Waals surface area (Å²) in [6.45, 7) is 2.00. The van der Waals surface area contributed by atoms with E-state index in [4.69, 9.17) is 4.52 Å². The number of β-amino-alcohol motifs (C(OH)–C–C–N with tert-alkyl or cyclic N) is 1. The van der Waals surface area contributed by atoms with Gasteiger partial charge in [-0.15, -0.1) is 0 Å². The fourth-order valence-corrected chi connectivity index (χ4v) is 3.23. The van der Waals surface area contributed by atoms with E-state index < -0.39 is 23.8 Å². The van der Waals surface area contributed by atoms with E-state index in [0.29, 0.717) is 22.6 Å². The molecule has 0 amide bonds. The van der Waals surface area contributed by atoms with Crippen molar-refractivity contribution in [1.29, 1.82) is 0 Å². The molecule has 0 unspecified atom stereocenters. The Hall–Kier alpha value is -2.61. The lowest BCUT2D eigenvalue weighted by Crippen LogP contribution is -2.26. The first-order valence-corrected chi connectivity index (χ1v) is 7.51. The summed E-state index contributed by atoms with van der Waals surface area (Å²) < 4.78 is 33.0. The first-order valence-electron chi connectivity index (χ1n) is 7.51. The molecule has 0 saturated carbocycles. The Bertz CT molecular complexity index is 914. The number of benzene rings is 1. The highest BCUT2D eigenvalue weighted by molar-refractivity contribution is 5.88. The maximum Gasteiger partial charge on any atom is 0.263 e. The summed E-state index contributed by atoms with van der Waals surface area (Å²) in [6.07, 6.45) is 0.921. The van der Waals surface area contributed by atoms with E-state index in [9.17, 15) is 13.9 Å². The molecule has 24 heavy (non-hydrogen) atoms. The minimum absolute atomic E-state index is 0.187. The predicted molar refractivity (Wildman–Crippen MR) is 81.4 cm³/mol. The molecule has 1 aliphatic rings. The summed E-state index contributed by atoms with van der Waals surface area (Å²) in [6, 6.07) is 2.78. The number of rotatable bonds is 2. The summed E-state index contributed by atoms with van der Waals surface area (Å²) in [7, 11) is 0. The molecule has 0 spiro atoms. The van der Waals surface area contributed by atoms with Gasteiger partial charge in [-0.25, -0.2) is 13.8 Å². The van der Waals surface area contributed by atoms with Crippen LogP contribution < -0.4 is 4.90 Å². The smallest absolute Gasteiger partial charge is 0.263 e. The Morgan fingerprint density at radius 1 is 1.29 bits per heavy atom. The van der Waals surface area contributed by atoms with Gasteiger partial charge >= 0.3 is 0 Å². The van der Waals surface area contributed by atoms with Gasteiger partial charge in [0.05, 0.1) is 17.8 Å². The molecule has 0 bridgehead atoms. The van der Waals surface area contributed by atoms with Gasteiger partial charge in [-0.05, 0) is 31.5 Å². The Labute approximate surface area is 135 Å². The van der Waals surface area contributed by atoms with Crippen LogP contribution in [0.25, 0.3) is 11.1 Å². The highest BCUT2D eigenvalue weighted by Crippen LogP contribution is 2.39. The number of hydrogen-bond donors (Lipinski definition) is 1. The predicted octanol–water partition coefficient (Wildman–Crippen LogP) is 2.52. The lowest BCUT2D eigenvalue weighted by atomic mass is 10.0. The van der Waals surface area contributed by atoms with Crippen LogP contribution in [-0.2, 0) is 0 Å². The summed E-state index contributed by atoms with van der Waals surface area (Å²) >= 11 is 0. The Balaban J connectivity index is 1.86. The van der Waals surface area contributed by atoms with Gasteiger partial charge in [0.25, 0.3) is 5.71 Å². The third kappa shape index (κ3) is 2.30. The van der Waals surface area contributed by atoms with Gasteiger partial charge in [0.2, 0.25) is 0 Å². The van der Waals surface area contributed by atoms with Gasteiger partial charge in [-0.3, -0.25) is 0 Å². The van der Waals surface area contributed by atoms with Crippen molar-refractivity contribution < 1.29 is 18.4 Å². The molecule has 3 aromatic rings. The molecule has 1 aromatic carbocycles. The van der Waals surface area contributed by atoms with Gasteiger partial charge in [0.1, 0.15) is 29.2 Å². The van der Waals surface area contributed by atoms with Crippen LogP contribution in [0.5, 0.6) is 0 Å². The molecule has 1 saturated heterocycles. The molecule has 1 N–H and O–H groups in total. The second-order valence-electron chi connectivity index (χ2n) is 5.87. The van der Waals surface area contributed by atoms with Crippen LogP contribution in [0.15, 0.2) is 29.0 Å². The number of fused-ring (bicyclic) bond motifs is 1. The van der Waals surface area contributed by atoms with Gasteiger partial charge in [-0.1, -0.05) is 5.16 Å². The zero-order valence-corrected chi connectivity index (χ0v) is 12.8. The van der Waals surface area contributed by atoms with E-state index >= 15 is 0 Å². The van der Waals surface area contributed by atoms with Crippen LogP contribution in [0, 0.1) is 18.6 Å². The maximum atomic E-state index is 14.2. The average molecular weight is 332 g/mol. The minimum Gasteiger partial charge on any atom is -0.391 e. The van der Waals surface area contributed by atoms with Gasteiger partial charge in [-0.2, -0.15) is 4.98 Å². The standard InChI is InChI=1S/C16H14F2N4O2/c1-8-14-15(19-7-20-16(14)24-21-8)22-6-10(23)5-13(22)11-4-9(17)2-3-12(11)18/h2-4,7,10,13,23H,5-6H2,1H3/t10-,13+/m1/s1. The third-order valence-electron chi connectivity index (χ3n) is 4.29. The number of aliphatic hydroxyl groups excluding tert-OH is 1. The molecule has 3 heterocycles. The summed E-state index contributed by atoms with van der Waals surface area (Å²) in [4.78, 5) is 10.0. The number of nitrogens with zero attached hydrogens (tertiary/aromatic N) is 4. The number of aromatic nitrogens is 3. The number of anilines is 1. The number of hydrogen-bond acceptors (Lipinski definition) is 6. The topological polar surface area (TPSA) is 75.3 Å². The lowest BCUT2D eigenvalue weighted by Gasteiger charge is -2.26. The molecule has 6 nitrogen and oxygen atoms in total. The molecular formula is C16H14F2N4O2. The first-order chi connectivity index (χ1) is 11.5. The molecule has 2 atom stereocenters. The summed E-state index contributed by atoms with van der Waals surface area (Å²) in [5, 5.41) is 14.6. The van der Waals surface area contributed by atoms with Crippen LogP contribution in [0.3, 0.4) is 0 Å². The van der Waals surface area contributed by atoms with Crippen molar-refractivity contribution in [2.75, 3.05) is 11.4 Å². The second kappa shape index (κ2) is 5.48. The van der Waals surface area contributed by atoms with Crippen molar-refractivity contribution in [1.82, 2.24) is 15.1 Å². The van der Waals surface area contributed by atoms with Crippen molar-refractivity contribution in [3.05, 3.63) is 47.4 Å². The zero-order chi connectivity index (χ0) is 16.8. The second-order valence-corrected chi connectivity index (χ2v) is 5.87. The van der Waals surface area contributed by atoms with Crippen molar-refractivity contribution in [3.8, 4) is 0 Å². The Morgan fingerprint density at radius 3 is 2.96 bits per heavy atom. The fraction of sp³-hybridized carbons (Fsp3) is 0.312. The fourth-order valence-electron chi connectivity index (χ4n) is 3.23. The van der Waals surface area contributed by atoms with Crippen LogP contribution in [-0.4, -0.2) is 32.9 Å². The van der Waals surface area contributed by atoms with E-state index in [2.05, 4.69) is 15.1 Å². The molecule has 8 heteroatoms. The molecule has 124 valence electrons. The van der Waals surface area contributed by atoms with Crippen LogP contribution >= 0.6 is 0 Å². The van der Waals surface area contributed by atoms with E-state index in [1.165, 1.54) is 6.33 Å². The SMILES string of the molecule is Cc1noc2ncnc(N3C[C@H](O)C[C@H]3c3cc(F)ccc3F)c12. The minimum atomic E-state index is -0.678. The number of aliphatic hydroxyl groups is 1. The van der Waals surface area contributed by atoms with Crippen LogP contribution in [0.1, 0.15) is 23.7 Å². The van der Waals surface area contributed by atoms with Crippen molar-refractivity contribution in [2.24, 2.45) is 0 Å². The normalized spacial score (nSPS) is 20.9. The molecule has 0 radical (unpaired) electrons. The maximum absolute atomic E-state index is 14.2. The summed E-state index contributed by atoms with van der Waals surface area (Å²) in [5.41, 5.74) is 1.10. The third-order valence-corrected chi connectivity index (χ3v) is 4.29. The molecule has 4 rings (SSSR count). The quantitative estimate of drug-likeness (QED) is 0.777. The largest absolute Gasteiger partial charge is 0.391 e. The summed E-state index contributed by atoms with van der Waals surface area (Å²) in [5.74, 6) is -0.557. The highest BCUT2D eigenvalue weighted by atomic mass is 19.1. The van der Waals surface area contributed by atoms with E-state index in [1.807, 2.05) is 0 Å². The Morgan fingerprint density at radius 2 is 2.12 bits per heavy atom. The van der Waals surface area contributed by atoms with E-state index in [1.54, 1.807) is 11.8 Å². The molecule has 1 fully saturated rings. The Kier molecular flexibility index (Phi) is 3.42. The number of aryl methyl sites for hydroxylation is 1. The van der Waals surface area contributed by atoms with Crippen LogP contribution in [0.2, 0.25) is 0 Å². The van der Waals surface area contributed by atoms with E-state index in [0.717, 1.165) is 18.2 Å². The average Bonchev–Trinajstić information content (AvgIpc) is 3.13. The highest BCUT2D eigenvalue weighted by Gasteiger charge is 2.36. The van der Waals surface area contributed by atoms with Crippen LogP contribution in [0.4, 0.5) is 14.6 Å². The van der Waals surface area contributed by atoms with Gasteiger partial charge in [0, 0.05) is 12.1 Å². The monoisotopic (exact) mass is 332 g/mol. The lowest BCUT2D eigenvalue weighted by molar-refractivity contribution is 0.194. The molecule has 2 aromatic heterocycles. The van der Waals surface area contributed by atoms with Crippen molar-refractivity contribution in [2.45, 2.75) is 25.5 Å². The first kappa shape index (κ1) is 14.9. The van der Waals surface area contributed by atoms with Crippen molar-refractivity contribution >= 4 is 16.9 Å². The van der Waals surface area contributed by atoms with Gasteiger partial charge < -0.3 is 14.5 Å². The molecule has 1 aliphatic heterocycles. The zero-order valence-electron chi connectivity index (χ0n) is 12.8. The van der Waals surface area contributed by atoms with E-state index in [-0.39, 0.29) is 18.5 Å². The molecular weight excluding hydrogens is 318 g/mol. The van der Waals surface area contributed by atoms with Crippen molar-refractivity contribution in [3.63, 3.8) is 0 Å². The number of halogens is 2.